The lowest BCUT2D eigenvalue weighted by Gasteiger charge is -2.38. The van der Waals surface area contributed by atoms with Crippen LogP contribution >= 0.6 is 0 Å². The fraction of sp³-hybridized carbons (Fsp3) is 0.200. The highest BCUT2D eigenvalue weighted by atomic mass is 16.5. The van der Waals surface area contributed by atoms with E-state index in [0.717, 1.165) is 22.3 Å². The van der Waals surface area contributed by atoms with Crippen molar-refractivity contribution in [2.75, 3.05) is 25.5 Å². The number of aromatic nitrogens is 1. The van der Waals surface area contributed by atoms with Crippen LogP contribution in [0.2, 0.25) is 0 Å². The Kier molecular flexibility index (Phi) is 4.08. The molecule has 2 amide bonds. The van der Waals surface area contributed by atoms with E-state index in [0.29, 0.717) is 18.7 Å². The number of carbonyl (C=O) groups excluding carboxylic acids is 2. The van der Waals surface area contributed by atoms with Gasteiger partial charge in [-0.05, 0) is 30.3 Å². The number of para-hydroxylation sites is 1. The molecule has 26 heavy (non-hydrogen) atoms. The van der Waals surface area contributed by atoms with Crippen molar-refractivity contribution in [3.05, 3.63) is 60.3 Å². The monoisotopic (exact) mass is 349 g/mol. The van der Waals surface area contributed by atoms with E-state index < -0.39 is 0 Å². The normalized spacial score (nSPS) is 14.1. The first kappa shape index (κ1) is 16.2. The Bertz CT molecular complexity index is 956. The summed E-state index contributed by atoms with van der Waals surface area (Å²) in [6.07, 6.45) is 1.73. The van der Waals surface area contributed by atoms with E-state index in [2.05, 4.69) is 10.3 Å². The molecule has 2 N–H and O–H groups in total. The molecule has 1 fully saturated rings. The van der Waals surface area contributed by atoms with Crippen molar-refractivity contribution in [2.45, 2.75) is 0 Å². The summed E-state index contributed by atoms with van der Waals surface area (Å²) in [5.74, 6) is 0.433. The standard InChI is InChI=1S/C20H19N3O3/c1-26-15-8-6-14(7-9-15)22-19(24)13-11-23(12-13)20(25)17-10-21-18-5-3-2-4-16(17)18/h2-10,13,21H,11-12H2,1H3,(H,22,24). The van der Waals surface area contributed by atoms with Gasteiger partial charge in [-0.2, -0.15) is 0 Å². The van der Waals surface area contributed by atoms with Crippen LogP contribution in [0.5, 0.6) is 5.75 Å². The highest BCUT2D eigenvalue weighted by molar-refractivity contribution is 6.07. The minimum absolute atomic E-state index is 0.0454. The molecule has 0 spiro atoms. The number of ether oxygens (including phenoxy) is 1. The third-order valence-corrected chi connectivity index (χ3v) is 4.72. The lowest BCUT2D eigenvalue weighted by atomic mass is 9.97. The molecule has 0 saturated carbocycles. The van der Waals surface area contributed by atoms with Crippen molar-refractivity contribution in [3.63, 3.8) is 0 Å². The average molecular weight is 349 g/mol. The van der Waals surface area contributed by atoms with Gasteiger partial charge in [-0.3, -0.25) is 9.59 Å². The number of aromatic amines is 1. The van der Waals surface area contributed by atoms with Gasteiger partial charge in [0.25, 0.3) is 5.91 Å². The Morgan fingerprint density at radius 3 is 2.58 bits per heavy atom. The number of carbonyl (C=O) groups is 2. The van der Waals surface area contributed by atoms with Gasteiger partial charge in [0.2, 0.25) is 5.91 Å². The van der Waals surface area contributed by atoms with E-state index in [1.807, 2.05) is 24.3 Å². The largest absolute Gasteiger partial charge is 0.497 e. The molecule has 4 rings (SSSR count). The minimum atomic E-state index is -0.189. The van der Waals surface area contributed by atoms with E-state index in [-0.39, 0.29) is 17.7 Å². The van der Waals surface area contributed by atoms with E-state index in [4.69, 9.17) is 4.74 Å². The molecular formula is C20H19N3O3. The number of rotatable bonds is 4. The lowest BCUT2D eigenvalue weighted by Crippen LogP contribution is -2.54. The zero-order chi connectivity index (χ0) is 18.1. The Balaban J connectivity index is 1.37. The zero-order valence-electron chi connectivity index (χ0n) is 14.4. The number of hydrogen-bond acceptors (Lipinski definition) is 3. The van der Waals surface area contributed by atoms with Crippen molar-refractivity contribution in [2.24, 2.45) is 5.92 Å². The predicted molar refractivity (Wildman–Crippen MR) is 99.3 cm³/mol. The number of hydrogen-bond donors (Lipinski definition) is 2. The van der Waals surface area contributed by atoms with Crippen LogP contribution in [0.25, 0.3) is 10.9 Å². The van der Waals surface area contributed by atoms with Crippen molar-refractivity contribution >= 4 is 28.4 Å². The third-order valence-electron chi connectivity index (χ3n) is 4.72. The van der Waals surface area contributed by atoms with Crippen LogP contribution in [0.3, 0.4) is 0 Å². The number of amides is 2. The Labute approximate surface area is 150 Å². The van der Waals surface area contributed by atoms with Gasteiger partial charge in [0.1, 0.15) is 5.75 Å². The van der Waals surface area contributed by atoms with Gasteiger partial charge in [-0.1, -0.05) is 18.2 Å². The van der Waals surface area contributed by atoms with Gasteiger partial charge in [0.05, 0.1) is 18.6 Å². The first-order valence-corrected chi connectivity index (χ1v) is 8.46. The second kappa shape index (κ2) is 6.55. The van der Waals surface area contributed by atoms with Gasteiger partial charge in [-0.25, -0.2) is 0 Å². The molecular weight excluding hydrogens is 330 g/mol. The number of methoxy groups -OCH3 is 1. The number of nitrogens with one attached hydrogen (secondary N) is 2. The molecule has 6 nitrogen and oxygen atoms in total. The molecule has 6 heteroatoms. The molecule has 0 unspecified atom stereocenters. The number of anilines is 1. The molecule has 0 aliphatic carbocycles. The topological polar surface area (TPSA) is 74.4 Å². The summed E-state index contributed by atoms with van der Waals surface area (Å²) in [6, 6.07) is 14.9. The molecule has 0 bridgehead atoms. The van der Waals surface area contributed by atoms with Crippen molar-refractivity contribution in [1.82, 2.24) is 9.88 Å². The second-order valence-corrected chi connectivity index (χ2v) is 6.37. The summed E-state index contributed by atoms with van der Waals surface area (Å²) < 4.78 is 5.10. The summed E-state index contributed by atoms with van der Waals surface area (Å²) in [7, 11) is 1.60. The molecule has 2 heterocycles. The van der Waals surface area contributed by atoms with Crippen LogP contribution in [0, 0.1) is 5.92 Å². The Hall–Kier alpha value is -3.28. The fourth-order valence-corrected chi connectivity index (χ4v) is 3.15. The molecule has 1 saturated heterocycles. The first-order valence-electron chi connectivity index (χ1n) is 8.46. The fourth-order valence-electron chi connectivity index (χ4n) is 3.15. The van der Waals surface area contributed by atoms with E-state index in [9.17, 15) is 9.59 Å². The van der Waals surface area contributed by atoms with E-state index in [1.54, 1.807) is 42.5 Å². The maximum Gasteiger partial charge on any atom is 0.256 e. The summed E-state index contributed by atoms with van der Waals surface area (Å²) in [5.41, 5.74) is 2.30. The molecule has 2 aromatic carbocycles. The Morgan fingerprint density at radius 1 is 1.12 bits per heavy atom. The molecule has 0 atom stereocenters. The minimum Gasteiger partial charge on any atom is -0.497 e. The third kappa shape index (κ3) is 2.90. The van der Waals surface area contributed by atoms with Crippen LogP contribution in [-0.4, -0.2) is 41.9 Å². The molecule has 0 radical (unpaired) electrons. The van der Waals surface area contributed by atoms with Crippen molar-refractivity contribution in [3.8, 4) is 5.75 Å². The van der Waals surface area contributed by atoms with Crippen LogP contribution in [0.1, 0.15) is 10.4 Å². The molecule has 132 valence electrons. The summed E-state index contributed by atoms with van der Waals surface area (Å²) >= 11 is 0. The number of likely N-dealkylation sites (tertiary alicyclic amines) is 1. The maximum absolute atomic E-state index is 12.7. The van der Waals surface area contributed by atoms with E-state index in [1.165, 1.54) is 0 Å². The zero-order valence-corrected chi connectivity index (χ0v) is 14.4. The second-order valence-electron chi connectivity index (χ2n) is 6.37. The summed E-state index contributed by atoms with van der Waals surface area (Å²) in [4.78, 5) is 29.8. The van der Waals surface area contributed by atoms with Crippen LogP contribution in [0.4, 0.5) is 5.69 Å². The molecule has 1 aromatic heterocycles. The van der Waals surface area contributed by atoms with Crippen molar-refractivity contribution in [1.29, 1.82) is 0 Å². The lowest BCUT2D eigenvalue weighted by molar-refractivity contribution is -0.123. The summed E-state index contributed by atoms with van der Waals surface area (Å²) in [6.45, 7) is 0.862. The van der Waals surface area contributed by atoms with Crippen LogP contribution < -0.4 is 10.1 Å². The van der Waals surface area contributed by atoms with Gasteiger partial charge < -0.3 is 19.9 Å². The van der Waals surface area contributed by atoms with Gasteiger partial charge in [-0.15, -0.1) is 0 Å². The number of fused-ring (bicyclic) bond motifs is 1. The molecule has 1 aliphatic heterocycles. The quantitative estimate of drug-likeness (QED) is 0.760. The smallest absolute Gasteiger partial charge is 0.256 e. The number of H-pyrrole nitrogens is 1. The number of nitrogens with zero attached hydrogens (tertiary/aromatic N) is 1. The SMILES string of the molecule is COc1ccc(NC(=O)C2CN(C(=O)c3c[nH]c4ccccc34)C2)cc1. The Morgan fingerprint density at radius 2 is 1.85 bits per heavy atom. The summed E-state index contributed by atoms with van der Waals surface area (Å²) in [5, 5.41) is 3.79. The van der Waals surface area contributed by atoms with Gasteiger partial charge in [0.15, 0.2) is 0 Å². The predicted octanol–water partition coefficient (Wildman–Crippen LogP) is 2.89. The number of benzene rings is 2. The van der Waals surface area contributed by atoms with Gasteiger partial charge >= 0.3 is 0 Å². The van der Waals surface area contributed by atoms with Gasteiger partial charge in [0, 0.05) is 35.9 Å². The highest BCUT2D eigenvalue weighted by Crippen LogP contribution is 2.25. The van der Waals surface area contributed by atoms with Crippen LogP contribution in [-0.2, 0) is 4.79 Å². The van der Waals surface area contributed by atoms with Crippen LogP contribution in [0.15, 0.2) is 54.7 Å². The average Bonchev–Trinajstić information content (AvgIpc) is 3.05. The van der Waals surface area contributed by atoms with E-state index >= 15 is 0 Å². The molecule has 1 aliphatic rings. The van der Waals surface area contributed by atoms with Crippen molar-refractivity contribution < 1.29 is 14.3 Å². The highest BCUT2D eigenvalue weighted by Gasteiger charge is 2.36. The first-order chi connectivity index (χ1) is 12.7. The molecule has 3 aromatic rings. The maximum atomic E-state index is 12.7.